The fourth-order valence-electron chi connectivity index (χ4n) is 16.3. The van der Waals surface area contributed by atoms with Crippen LogP contribution in [0.1, 0.15) is 0 Å². The van der Waals surface area contributed by atoms with E-state index in [0.29, 0.717) is 0 Å². The molecule has 0 heterocycles. The van der Waals surface area contributed by atoms with E-state index in [2.05, 4.69) is 436 Å². The van der Waals surface area contributed by atoms with Gasteiger partial charge in [0.1, 0.15) is 0 Å². The van der Waals surface area contributed by atoms with Crippen LogP contribution >= 0.6 is 0 Å². The van der Waals surface area contributed by atoms with Crippen LogP contribution in [0.4, 0.5) is 0 Å². The molecule has 0 aliphatic heterocycles. The Balaban J connectivity index is 1.09. The van der Waals surface area contributed by atoms with Gasteiger partial charge in [0.25, 0.3) is 0 Å². The van der Waals surface area contributed by atoms with Crippen LogP contribution in [0.25, 0.3) is 0 Å². The molecule has 0 saturated heterocycles. The van der Waals surface area contributed by atoms with Crippen LogP contribution in [0.5, 0.6) is 0 Å². The van der Waals surface area contributed by atoms with Crippen LogP contribution in [0.2, 0.25) is 157 Å². The van der Waals surface area contributed by atoms with E-state index in [0.717, 1.165) is 51.9 Å². The van der Waals surface area contributed by atoms with E-state index in [1.165, 1.54) is 0 Å². The van der Waals surface area contributed by atoms with Gasteiger partial charge < -0.3 is 65.8 Å². The standard InChI is InChI=1S/C84H124O16Si17/c1-101(2)85-103(5,6)87-104(7,8)88-105(9,10)89-106(11,12)90-107(13,14)91-108(15,16)92-109(17,18)93-110(19,20)94-111(21,22)95-112(23,24)96-114(77-59-39-27-40-60-77,78-61-41-28-42-62-78)98-116(81-67-47-31-48-68-81,82-69-49-32-50-70-82)100-117(83-71-51-33-52-72-83,84-73-53-34-54-74-84)99-115(79-63-43-29-44-64-79,80-65-45-30-46-66-80)97-113(86-102(3)4,75-55-35-25-36-56-75)76-57-37-26-38-58-76/h25-74,101-102H,1-24H3. The van der Waals surface area contributed by atoms with Crippen molar-refractivity contribution in [1.82, 2.24) is 0 Å². The van der Waals surface area contributed by atoms with Gasteiger partial charge in [0.05, 0.1) is 0 Å². The Kier molecular flexibility index (Phi) is 31.1. The first-order chi connectivity index (χ1) is 54.8. The van der Waals surface area contributed by atoms with Crippen LogP contribution < -0.4 is 51.9 Å². The minimum absolute atomic E-state index is 0.820. The summed E-state index contributed by atoms with van der Waals surface area (Å²) in [4.78, 5) is 0. The first-order valence-corrected chi connectivity index (χ1v) is 83.3. The third-order valence-corrected chi connectivity index (χ3v) is 84.4. The van der Waals surface area contributed by atoms with E-state index < -0.39 is 146 Å². The Hall–Kier alpha value is -4.75. The molecule has 0 aliphatic carbocycles. The fraction of sp³-hybridized carbons (Fsp3) is 0.286. The zero-order chi connectivity index (χ0) is 85.1. The van der Waals surface area contributed by atoms with Crippen molar-refractivity contribution >= 4 is 198 Å². The quantitative estimate of drug-likeness (QED) is 0.0334. The summed E-state index contributed by atoms with van der Waals surface area (Å²) in [5.41, 5.74) is 0. The summed E-state index contributed by atoms with van der Waals surface area (Å²) >= 11 is 0. The van der Waals surface area contributed by atoms with Crippen LogP contribution in [-0.4, -0.2) is 146 Å². The molecule has 0 fully saturated rings. The van der Waals surface area contributed by atoms with Crippen molar-refractivity contribution in [2.24, 2.45) is 0 Å². The van der Waals surface area contributed by atoms with Gasteiger partial charge in [0, 0.05) is 0 Å². The third-order valence-electron chi connectivity index (χ3n) is 18.4. The molecule has 0 bridgehead atoms. The molecule has 10 aromatic carbocycles. The molecule has 0 spiro atoms. The van der Waals surface area contributed by atoms with Gasteiger partial charge in [-0.3, -0.25) is 0 Å². The van der Waals surface area contributed by atoms with Gasteiger partial charge in [-0.05, 0) is 209 Å². The molecule has 0 saturated carbocycles. The number of rotatable bonds is 42. The summed E-state index contributed by atoms with van der Waals surface area (Å²) in [6, 6.07) is 105. The van der Waals surface area contributed by atoms with Gasteiger partial charge in [-0.15, -0.1) is 0 Å². The molecule has 10 rings (SSSR count). The normalized spacial score (nSPS) is 13.8. The molecular weight excluding hydrogens is 1740 g/mol. The van der Waals surface area contributed by atoms with E-state index in [4.69, 9.17) is 57.6 Å². The summed E-state index contributed by atoms with van der Waals surface area (Å²) in [7, 11) is -55.3. The van der Waals surface area contributed by atoms with Gasteiger partial charge in [0.15, 0.2) is 18.1 Å². The zero-order valence-electron chi connectivity index (χ0n) is 73.1. The largest absolute Gasteiger partial charge is 0.440 e. The highest BCUT2D eigenvalue weighted by Crippen LogP contribution is 2.36. The molecule has 0 unspecified atom stereocenters. The summed E-state index contributed by atoms with van der Waals surface area (Å²) in [6.45, 7) is 50.5. The van der Waals surface area contributed by atoms with Crippen molar-refractivity contribution < 1.29 is 65.8 Å². The Morgan fingerprint density at radius 2 is 0.256 bits per heavy atom. The Morgan fingerprint density at radius 1 is 0.137 bits per heavy atom. The highest BCUT2D eigenvalue weighted by molar-refractivity contribution is 7.14. The maximum absolute atomic E-state index is 9.28. The van der Waals surface area contributed by atoms with Gasteiger partial charge in [0.2, 0.25) is 0 Å². The summed E-state index contributed by atoms with van der Waals surface area (Å²) < 4.78 is 124. The van der Waals surface area contributed by atoms with E-state index in [1.54, 1.807) is 0 Å². The van der Waals surface area contributed by atoms with Crippen molar-refractivity contribution in [3.63, 3.8) is 0 Å². The SMILES string of the molecule is C[SiH](C)O[Si](C)(C)O[Si](C)(C)O[Si](C)(C)O[Si](C)(C)O[Si](C)(C)O[Si](C)(C)O[Si](C)(C)O[Si](C)(C)O[Si](C)(C)O[Si](C)(C)O[Si](O[Si](O[Si](O[Si](O[Si](O[SiH](C)C)(c1ccccc1)c1ccccc1)(c1ccccc1)c1ccccc1)(c1ccccc1)c1ccccc1)(c1ccccc1)c1ccccc1)(c1ccccc1)c1ccccc1. The van der Waals surface area contributed by atoms with Gasteiger partial charge in [-0.1, -0.05) is 303 Å². The average molecular weight is 1870 g/mol. The lowest BCUT2D eigenvalue weighted by atomic mass is 10.4. The number of benzene rings is 10. The van der Waals surface area contributed by atoms with Gasteiger partial charge in [-0.2, -0.15) is 0 Å². The maximum Gasteiger partial charge on any atom is 0.390 e. The van der Waals surface area contributed by atoms with E-state index >= 15 is 0 Å². The first kappa shape index (κ1) is 94.5. The van der Waals surface area contributed by atoms with Crippen LogP contribution in [0.3, 0.4) is 0 Å². The molecule has 0 atom stereocenters. The van der Waals surface area contributed by atoms with Crippen molar-refractivity contribution in [2.75, 3.05) is 0 Å². The molecular formula is C84H124O16Si17. The Bertz CT molecular complexity index is 4520. The topological polar surface area (TPSA) is 148 Å². The zero-order valence-corrected chi connectivity index (χ0v) is 90.4. The smallest absolute Gasteiger partial charge is 0.390 e. The number of hydrogen-bond acceptors (Lipinski definition) is 16. The van der Waals surface area contributed by atoms with Crippen LogP contribution in [0.15, 0.2) is 303 Å². The van der Waals surface area contributed by atoms with Crippen LogP contribution in [-0.2, 0) is 65.8 Å². The van der Waals surface area contributed by atoms with Crippen molar-refractivity contribution in [3.8, 4) is 0 Å². The highest BCUT2D eigenvalue weighted by atomic mass is 28.5. The van der Waals surface area contributed by atoms with Crippen molar-refractivity contribution in [2.45, 2.75) is 157 Å². The monoisotopic (exact) mass is 1860 g/mol. The molecule has 0 N–H and O–H groups in total. The molecule has 0 amide bonds. The molecule has 0 radical (unpaired) electrons. The molecule has 0 aromatic heterocycles. The molecule has 16 nitrogen and oxygen atoms in total. The summed E-state index contributed by atoms with van der Waals surface area (Å²) in [6.07, 6.45) is 0. The molecule has 624 valence electrons. The Labute approximate surface area is 718 Å². The second-order valence-corrected chi connectivity index (χ2v) is 92.0. The van der Waals surface area contributed by atoms with Crippen molar-refractivity contribution in [1.29, 1.82) is 0 Å². The summed E-state index contributed by atoms with van der Waals surface area (Å²) in [5.74, 6) is 0. The average Bonchev–Trinajstić information content (AvgIpc) is 0.707. The molecule has 0 aliphatic rings. The van der Waals surface area contributed by atoms with E-state index in [1.807, 2.05) is 24.3 Å². The van der Waals surface area contributed by atoms with E-state index in [-0.39, 0.29) is 0 Å². The number of hydrogen-bond donors (Lipinski definition) is 0. The summed E-state index contributed by atoms with van der Waals surface area (Å²) in [5, 5.41) is 8.61. The lowest BCUT2D eigenvalue weighted by molar-refractivity contribution is 0.252. The first-order valence-electron chi connectivity index (χ1n) is 40.5. The molecule has 117 heavy (non-hydrogen) atoms. The van der Waals surface area contributed by atoms with Crippen LogP contribution in [0, 0.1) is 0 Å². The third kappa shape index (κ3) is 25.3. The van der Waals surface area contributed by atoms with Gasteiger partial charge in [-0.25, -0.2) is 0 Å². The second kappa shape index (κ2) is 38.6. The minimum atomic E-state index is -4.65. The lowest BCUT2D eigenvalue weighted by Gasteiger charge is -2.50. The van der Waals surface area contributed by atoms with E-state index in [9.17, 15) is 8.23 Å². The predicted molar refractivity (Wildman–Crippen MR) is 519 cm³/mol. The second-order valence-electron chi connectivity index (χ2n) is 34.5. The highest BCUT2D eigenvalue weighted by Gasteiger charge is 2.66. The maximum atomic E-state index is 9.28. The molecule has 33 heteroatoms. The molecule has 10 aromatic rings. The fourth-order valence-corrected chi connectivity index (χ4v) is 101. The Morgan fingerprint density at radius 3 is 0.410 bits per heavy atom. The van der Waals surface area contributed by atoms with Gasteiger partial charge >= 0.3 is 128 Å². The van der Waals surface area contributed by atoms with Crippen molar-refractivity contribution in [3.05, 3.63) is 303 Å². The predicted octanol–water partition coefficient (Wildman–Crippen LogP) is 14.5. The lowest BCUT2D eigenvalue weighted by Crippen LogP contribution is -2.84. The minimum Gasteiger partial charge on any atom is -0.440 e.